The quantitative estimate of drug-likeness (QED) is 0.724. The molecule has 1 aliphatic heterocycles. The van der Waals surface area contributed by atoms with Crippen molar-refractivity contribution >= 4 is 40.6 Å². The molecule has 1 saturated heterocycles. The number of amides is 1. The van der Waals surface area contributed by atoms with Crippen LogP contribution in [0.15, 0.2) is 52.4 Å². The molecule has 0 aromatic heterocycles. The van der Waals surface area contributed by atoms with Crippen molar-refractivity contribution in [3.63, 3.8) is 0 Å². The van der Waals surface area contributed by atoms with Crippen LogP contribution >= 0.6 is 11.8 Å². The Kier molecular flexibility index (Phi) is 6.00. The zero-order valence-corrected chi connectivity index (χ0v) is 16.1. The molecule has 0 unspecified atom stereocenters. The highest BCUT2D eigenvalue weighted by molar-refractivity contribution is 8.18. The van der Waals surface area contributed by atoms with E-state index in [9.17, 15) is 9.59 Å². The van der Waals surface area contributed by atoms with Gasteiger partial charge in [0.05, 0.1) is 17.7 Å². The number of nitrogens with one attached hydrogen (secondary N) is 1. The number of amidine groups is 1. The van der Waals surface area contributed by atoms with E-state index >= 15 is 0 Å². The number of thioether (sulfide) groups is 1. The van der Waals surface area contributed by atoms with E-state index in [1.807, 2.05) is 31.2 Å². The first-order valence-electron chi connectivity index (χ1n) is 8.33. The van der Waals surface area contributed by atoms with E-state index in [0.717, 1.165) is 11.3 Å². The molecule has 2 N–H and O–H groups in total. The van der Waals surface area contributed by atoms with Crippen LogP contribution < -0.4 is 14.8 Å². The topological polar surface area (TPSA) is 97.2 Å². The van der Waals surface area contributed by atoms with Crippen molar-refractivity contribution in [1.82, 2.24) is 5.32 Å². The number of carboxylic acid groups (broad SMARTS) is 1. The number of carboxylic acids is 1. The molecule has 2 aromatic carbocycles. The Hall–Kier alpha value is -3.26. The van der Waals surface area contributed by atoms with E-state index in [1.54, 1.807) is 24.3 Å². The molecule has 0 spiro atoms. The number of carbonyl (C=O) groups is 2. The summed E-state index contributed by atoms with van der Waals surface area (Å²) in [7, 11) is 1.46. The predicted molar refractivity (Wildman–Crippen MR) is 108 cm³/mol. The lowest BCUT2D eigenvalue weighted by Gasteiger charge is -2.09. The molecule has 3 rings (SSSR count). The summed E-state index contributed by atoms with van der Waals surface area (Å²) in [5.74, 6) is -0.613. The van der Waals surface area contributed by atoms with E-state index in [2.05, 4.69) is 10.3 Å². The predicted octanol–water partition coefficient (Wildman–Crippen LogP) is 3.36. The molecule has 0 saturated carbocycles. The average molecular weight is 398 g/mol. The molecule has 0 atom stereocenters. The number of aliphatic carboxylic acids is 1. The van der Waals surface area contributed by atoms with E-state index in [4.69, 9.17) is 14.6 Å². The van der Waals surface area contributed by atoms with Crippen LogP contribution in [0.1, 0.15) is 11.1 Å². The summed E-state index contributed by atoms with van der Waals surface area (Å²) in [6.07, 6.45) is 1.71. The van der Waals surface area contributed by atoms with Gasteiger partial charge in [-0.2, -0.15) is 0 Å². The number of rotatable bonds is 6. The molecule has 0 aliphatic carbocycles. The SMILES string of the molecule is COc1cc(/C=C2\SC(=Nc3ccc(C)cc3)NC2=O)ccc1OCC(=O)O. The molecule has 0 bridgehead atoms. The van der Waals surface area contributed by atoms with Gasteiger partial charge in [0.15, 0.2) is 23.3 Å². The summed E-state index contributed by atoms with van der Waals surface area (Å²) in [5.41, 5.74) is 2.61. The van der Waals surface area contributed by atoms with Gasteiger partial charge < -0.3 is 19.9 Å². The third-order valence-electron chi connectivity index (χ3n) is 3.75. The molecule has 2 aromatic rings. The largest absolute Gasteiger partial charge is 0.493 e. The monoisotopic (exact) mass is 398 g/mol. The normalized spacial score (nSPS) is 16.3. The number of carbonyl (C=O) groups excluding carboxylic acids is 1. The van der Waals surface area contributed by atoms with Gasteiger partial charge >= 0.3 is 5.97 Å². The van der Waals surface area contributed by atoms with Crippen molar-refractivity contribution in [2.24, 2.45) is 4.99 Å². The lowest BCUT2D eigenvalue weighted by atomic mass is 10.2. The Labute approximate surface area is 166 Å². The van der Waals surface area contributed by atoms with Gasteiger partial charge in [0.25, 0.3) is 5.91 Å². The van der Waals surface area contributed by atoms with Gasteiger partial charge in [-0.1, -0.05) is 23.8 Å². The number of benzene rings is 2. The van der Waals surface area contributed by atoms with Crippen molar-refractivity contribution in [1.29, 1.82) is 0 Å². The molecule has 1 heterocycles. The summed E-state index contributed by atoms with van der Waals surface area (Å²) >= 11 is 1.25. The van der Waals surface area contributed by atoms with Crippen LogP contribution in [-0.4, -0.2) is 35.9 Å². The average Bonchev–Trinajstić information content (AvgIpc) is 3.01. The maximum absolute atomic E-state index is 12.2. The summed E-state index contributed by atoms with van der Waals surface area (Å²) in [5, 5.41) is 12.0. The van der Waals surface area contributed by atoms with Crippen LogP contribution in [0.4, 0.5) is 5.69 Å². The van der Waals surface area contributed by atoms with Crippen molar-refractivity contribution in [3.8, 4) is 11.5 Å². The van der Waals surface area contributed by atoms with Gasteiger partial charge in [0.2, 0.25) is 0 Å². The Bertz CT molecular complexity index is 967. The van der Waals surface area contributed by atoms with Crippen LogP contribution in [0, 0.1) is 6.92 Å². The van der Waals surface area contributed by atoms with Crippen LogP contribution in [0.5, 0.6) is 11.5 Å². The maximum Gasteiger partial charge on any atom is 0.341 e. The minimum Gasteiger partial charge on any atom is -0.493 e. The van der Waals surface area contributed by atoms with Gasteiger partial charge in [0, 0.05) is 0 Å². The van der Waals surface area contributed by atoms with Crippen molar-refractivity contribution in [2.75, 3.05) is 13.7 Å². The van der Waals surface area contributed by atoms with E-state index < -0.39 is 12.6 Å². The van der Waals surface area contributed by atoms with E-state index in [0.29, 0.717) is 27.1 Å². The van der Waals surface area contributed by atoms with Crippen LogP contribution in [0.25, 0.3) is 6.08 Å². The van der Waals surface area contributed by atoms with Crippen molar-refractivity contribution < 1.29 is 24.2 Å². The molecule has 1 fully saturated rings. The first kappa shape index (κ1) is 19.5. The Balaban J connectivity index is 1.78. The number of ether oxygens (including phenoxy) is 2. The number of nitrogens with zero attached hydrogens (tertiary/aromatic N) is 1. The van der Waals surface area contributed by atoms with Crippen LogP contribution in [-0.2, 0) is 9.59 Å². The van der Waals surface area contributed by atoms with Crippen LogP contribution in [0.2, 0.25) is 0 Å². The first-order valence-corrected chi connectivity index (χ1v) is 9.15. The van der Waals surface area contributed by atoms with Gasteiger partial charge in [-0.05, 0) is 54.6 Å². The fraction of sp³-hybridized carbons (Fsp3) is 0.150. The molecule has 0 radical (unpaired) electrons. The number of hydrogen-bond acceptors (Lipinski definition) is 6. The third kappa shape index (κ3) is 4.92. The standard InChI is InChI=1S/C20H18N2O5S/c1-12-3-6-14(7-4-12)21-20-22-19(25)17(28-20)10-13-5-8-15(16(9-13)26-2)27-11-18(23)24/h3-10H,11H2,1-2H3,(H,23,24)(H,21,22,25)/b17-10-. The first-order chi connectivity index (χ1) is 13.4. The second-order valence-electron chi connectivity index (χ2n) is 5.91. The number of hydrogen-bond donors (Lipinski definition) is 2. The maximum atomic E-state index is 12.2. The Morgan fingerprint density at radius 3 is 2.64 bits per heavy atom. The van der Waals surface area contributed by atoms with E-state index in [-0.39, 0.29) is 5.91 Å². The molecule has 7 nitrogen and oxygen atoms in total. The lowest BCUT2D eigenvalue weighted by molar-refractivity contribution is -0.139. The highest BCUT2D eigenvalue weighted by atomic mass is 32.2. The second kappa shape index (κ2) is 8.62. The Morgan fingerprint density at radius 1 is 1.21 bits per heavy atom. The summed E-state index contributed by atoms with van der Waals surface area (Å²) < 4.78 is 10.4. The molecule has 1 amide bonds. The van der Waals surface area contributed by atoms with E-state index in [1.165, 1.54) is 18.9 Å². The summed E-state index contributed by atoms with van der Waals surface area (Å²) in [6, 6.07) is 12.7. The van der Waals surface area contributed by atoms with Crippen molar-refractivity contribution in [2.45, 2.75) is 6.92 Å². The van der Waals surface area contributed by atoms with Gasteiger partial charge in [0.1, 0.15) is 0 Å². The smallest absolute Gasteiger partial charge is 0.341 e. The molecular formula is C20H18N2O5S. The van der Waals surface area contributed by atoms with Crippen molar-refractivity contribution in [3.05, 3.63) is 58.5 Å². The molecule has 28 heavy (non-hydrogen) atoms. The van der Waals surface area contributed by atoms with Gasteiger partial charge in [-0.15, -0.1) is 0 Å². The number of methoxy groups -OCH3 is 1. The number of aryl methyl sites for hydroxylation is 1. The fourth-order valence-corrected chi connectivity index (χ4v) is 3.24. The lowest BCUT2D eigenvalue weighted by Crippen LogP contribution is -2.19. The molecule has 144 valence electrons. The van der Waals surface area contributed by atoms with Gasteiger partial charge in [-0.3, -0.25) is 4.79 Å². The zero-order chi connectivity index (χ0) is 20.1. The summed E-state index contributed by atoms with van der Waals surface area (Å²) in [4.78, 5) is 27.8. The summed E-state index contributed by atoms with van der Waals surface area (Å²) in [6.45, 7) is 1.53. The highest BCUT2D eigenvalue weighted by Gasteiger charge is 2.24. The highest BCUT2D eigenvalue weighted by Crippen LogP contribution is 2.32. The molecule has 8 heteroatoms. The number of aliphatic imine (C=N–C) groups is 1. The van der Waals surface area contributed by atoms with Crippen LogP contribution in [0.3, 0.4) is 0 Å². The van der Waals surface area contributed by atoms with Gasteiger partial charge in [-0.25, -0.2) is 9.79 Å². The third-order valence-corrected chi connectivity index (χ3v) is 4.66. The fourth-order valence-electron chi connectivity index (χ4n) is 2.40. The minimum absolute atomic E-state index is 0.235. The molecule has 1 aliphatic rings. The minimum atomic E-state index is -1.08. The Morgan fingerprint density at radius 2 is 1.96 bits per heavy atom. The zero-order valence-electron chi connectivity index (χ0n) is 15.3. The molecular weight excluding hydrogens is 380 g/mol. The second-order valence-corrected chi connectivity index (χ2v) is 6.94.